The molecule has 2 aliphatic heterocycles. The first-order valence-electron chi connectivity index (χ1n) is 8.14. The smallest absolute Gasteiger partial charge is 0.330 e. The SMILES string of the molecule is C[C@@H](OC(=O)[C@H]1CS[C@@]2(C)CCC(=O)N12)C(=O)Nc1ccc(Cl)cc1Cl. The predicted molar refractivity (Wildman–Crippen MR) is 101 cm³/mol. The molecule has 140 valence electrons. The molecule has 0 aliphatic carbocycles. The largest absolute Gasteiger partial charge is 0.451 e. The highest BCUT2D eigenvalue weighted by Gasteiger charge is 2.53. The summed E-state index contributed by atoms with van der Waals surface area (Å²) in [6.45, 7) is 3.43. The number of carbonyl (C=O) groups excluding carboxylic acids is 3. The number of hydrogen-bond acceptors (Lipinski definition) is 5. The van der Waals surface area contributed by atoms with Crippen molar-refractivity contribution in [1.82, 2.24) is 4.90 Å². The van der Waals surface area contributed by atoms with Gasteiger partial charge in [0.1, 0.15) is 6.04 Å². The lowest BCUT2D eigenvalue weighted by molar-refractivity contribution is -0.160. The molecule has 0 saturated carbocycles. The lowest BCUT2D eigenvalue weighted by Crippen LogP contribution is -2.48. The molecule has 26 heavy (non-hydrogen) atoms. The third kappa shape index (κ3) is 3.66. The molecular formula is C17H18Cl2N2O4S. The second-order valence-electron chi connectivity index (χ2n) is 6.46. The molecule has 1 aromatic rings. The molecule has 0 unspecified atom stereocenters. The molecular weight excluding hydrogens is 399 g/mol. The van der Waals surface area contributed by atoms with Gasteiger partial charge in [-0.1, -0.05) is 23.2 Å². The van der Waals surface area contributed by atoms with E-state index in [0.29, 0.717) is 29.3 Å². The molecule has 1 N–H and O–H groups in total. The highest BCUT2D eigenvalue weighted by atomic mass is 35.5. The van der Waals surface area contributed by atoms with Gasteiger partial charge in [-0.25, -0.2) is 4.79 Å². The Kier molecular flexibility index (Phi) is 5.42. The predicted octanol–water partition coefficient (Wildman–Crippen LogP) is 3.32. The van der Waals surface area contributed by atoms with Crippen LogP contribution in [0.15, 0.2) is 18.2 Å². The molecule has 0 bridgehead atoms. The van der Waals surface area contributed by atoms with E-state index in [0.717, 1.165) is 0 Å². The summed E-state index contributed by atoms with van der Waals surface area (Å²) in [5.41, 5.74) is 0.377. The third-order valence-corrected chi connectivity index (χ3v) is 6.62. The average Bonchev–Trinajstić information content (AvgIpc) is 3.06. The van der Waals surface area contributed by atoms with E-state index in [4.69, 9.17) is 27.9 Å². The number of anilines is 1. The summed E-state index contributed by atoms with van der Waals surface area (Å²) in [5, 5.41) is 3.34. The van der Waals surface area contributed by atoms with Crippen molar-refractivity contribution in [3.63, 3.8) is 0 Å². The molecule has 2 heterocycles. The van der Waals surface area contributed by atoms with Crippen LogP contribution in [0.4, 0.5) is 5.69 Å². The number of nitrogens with one attached hydrogen (secondary N) is 1. The van der Waals surface area contributed by atoms with Crippen LogP contribution in [0, 0.1) is 0 Å². The Hall–Kier alpha value is -1.44. The minimum absolute atomic E-state index is 0.0514. The van der Waals surface area contributed by atoms with Gasteiger partial charge in [0.05, 0.1) is 15.6 Å². The lowest BCUT2D eigenvalue weighted by Gasteiger charge is -2.29. The van der Waals surface area contributed by atoms with E-state index in [1.807, 2.05) is 6.92 Å². The molecule has 2 amide bonds. The normalized spacial score (nSPS) is 25.8. The Morgan fingerprint density at radius 1 is 1.42 bits per heavy atom. The second kappa shape index (κ2) is 7.29. The van der Waals surface area contributed by atoms with E-state index in [2.05, 4.69) is 5.32 Å². The maximum Gasteiger partial charge on any atom is 0.330 e. The van der Waals surface area contributed by atoms with E-state index in [-0.39, 0.29) is 15.8 Å². The van der Waals surface area contributed by atoms with E-state index in [1.165, 1.54) is 13.0 Å². The Morgan fingerprint density at radius 3 is 2.85 bits per heavy atom. The zero-order valence-electron chi connectivity index (χ0n) is 14.3. The highest BCUT2D eigenvalue weighted by molar-refractivity contribution is 8.01. The fourth-order valence-corrected chi connectivity index (χ4v) is 5.00. The molecule has 0 aromatic heterocycles. The van der Waals surface area contributed by atoms with Crippen LogP contribution >= 0.6 is 35.0 Å². The second-order valence-corrected chi connectivity index (χ2v) is 8.80. The fourth-order valence-electron chi connectivity index (χ4n) is 3.13. The Balaban J connectivity index is 1.62. The van der Waals surface area contributed by atoms with Crippen molar-refractivity contribution in [3.05, 3.63) is 28.2 Å². The van der Waals surface area contributed by atoms with Crippen LogP contribution in [-0.4, -0.2) is 45.5 Å². The zero-order chi connectivity index (χ0) is 19.1. The molecule has 2 fully saturated rings. The number of nitrogens with zero attached hydrogens (tertiary/aromatic N) is 1. The van der Waals surface area contributed by atoms with Gasteiger partial charge in [-0.3, -0.25) is 9.59 Å². The minimum atomic E-state index is -1.02. The molecule has 0 radical (unpaired) electrons. The lowest BCUT2D eigenvalue weighted by atomic mass is 10.2. The standard InChI is InChI=1S/C17H18Cl2N2O4S/c1-9(15(23)20-12-4-3-10(18)7-11(12)19)25-16(24)13-8-26-17(2)6-5-14(22)21(13)17/h3-4,7,9,13H,5-6,8H2,1-2H3,(H,20,23)/t9-,13-,17+/m1/s1. The van der Waals surface area contributed by atoms with Crippen molar-refractivity contribution in [3.8, 4) is 0 Å². The molecule has 2 saturated heterocycles. The zero-order valence-corrected chi connectivity index (χ0v) is 16.6. The molecule has 3 rings (SSSR count). The van der Waals surface area contributed by atoms with Crippen LogP contribution in [0.5, 0.6) is 0 Å². The molecule has 2 aliphatic rings. The Labute approximate surface area is 165 Å². The van der Waals surface area contributed by atoms with Gasteiger partial charge in [0.15, 0.2) is 6.10 Å². The van der Waals surface area contributed by atoms with Crippen molar-refractivity contribution >= 4 is 58.4 Å². The summed E-state index contributed by atoms with van der Waals surface area (Å²) >= 11 is 13.4. The Morgan fingerprint density at radius 2 is 2.15 bits per heavy atom. The first kappa shape index (κ1) is 19.3. The number of amides is 2. The van der Waals surface area contributed by atoms with Crippen LogP contribution in [0.2, 0.25) is 10.0 Å². The van der Waals surface area contributed by atoms with E-state index < -0.39 is 24.0 Å². The van der Waals surface area contributed by atoms with Gasteiger partial charge in [-0.2, -0.15) is 0 Å². The van der Waals surface area contributed by atoms with Gasteiger partial charge in [-0.05, 0) is 38.5 Å². The number of carbonyl (C=O) groups is 3. The molecule has 9 heteroatoms. The van der Waals surface area contributed by atoms with E-state index in [9.17, 15) is 14.4 Å². The number of benzene rings is 1. The van der Waals surface area contributed by atoms with Crippen LogP contribution in [0.25, 0.3) is 0 Å². The number of esters is 1. The van der Waals surface area contributed by atoms with Crippen LogP contribution < -0.4 is 5.32 Å². The van der Waals surface area contributed by atoms with Crippen molar-refractivity contribution < 1.29 is 19.1 Å². The van der Waals surface area contributed by atoms with Gasteiger partial charge >= 0.3 is 5.97 Å². The van der Waals surface area contributed by atoms with Crippen LogP contribution in [-0.2, 0) is 19.1 Å². The van der Waals surface area contributed by atoms with Crippen molar-refractivity contribution in [2.75, 3.05) is 11.1 Å². The molecule has 6 nitrogen and oxygen atoms in total. The van der Waals surface area contributed by atoms with Crippen molar-refractivity contribution in [2.24, 2.45) is 0 Å². The first-order chi connectivity index (χ1) is 12.2. The quantitative estimate of drug-likeness (QED) is 0.761. The molecule has 0 spiro atoms. The summed E-state index contributed by atoms with van der Waals surface area (Å²) in [5.74, 6) is -0.659. The first-order valence-corrected chi connectivity index (χ1v) is 9.88. The van der Waals surface area contributed by atoms with E-state index >= 15 is 0 Å². The van der Waals surface area contributed by atoms with E-state index in [1.54, 1.807) is 28.8 Å². The van der Waals surface area contributed by atoms with Gasteiger partial charge in [0, 0.05) is 17.2 Å². The maximum atomic E-state index is 12.5. The summed E-state index contributed by atoms with van der Waals surface area (Å²) in [4.78, 5) is 38.1. The maximum absolute atomic E-state index is 12.5. The van der Waals surface area contributed by atoms with Crippen molar-refractivity contribution in [1.29, 1.82) is 0 Å². The number of halogens is 2. The van der Waals surface area contributed by atoms with Crippen molar-refractivity contribution in [2.45, 2.75) is 43.7 Å². The highest BCUT2D eigenvalue weighted by Crippen LogP contribution is 2.47. The number of fused-ring (bicyclic) bond motifs is 1. The number of rotatable bonds is 4. The van der Waals surface area contributed by atoms with Gasteiger partial charge in [0.25, 0.3) is 5.91 Å². The summed E-state index contributed by atoms with van der Waals surface area (Å²) < 4.78 is 5.31. The minimum Gasteiger partial charge on any atom is -0.451 e. The summed E-state index contributed by atoms with van der Waals surface area (Å²) in [6, 6.07) is 4.01. The summed E-state index contributed by atoms with van der Waals surface area (Å²) in [7, 11) is 0. The van der Waals surface area contributed by atoms with Gasteiger partial charge in [0.2, 0.25) is 5.91 Å². The number of hydrogen-bond donors (Lipinski definition) is 1. The summed E-state index contributed by atoms with van der Waals surface area (Å²) in [6.07, 6.45) is 0.118. The molecule has 3 atom stereocenters. The monoisotopic (exact) mass is 416 g/mol. The fraction of sp³-hybridized carbons (Fsp3) is 0.471. The Bertz CT molecular complexity index is 775. The average molecular weight is 417 g/mol. The third-order valence-electron chi connectivity index (χ3n) is 4.57. The number of thioether (sulfide) groups is 1. The van der Waals surface area contributed by atoms with Crippen LogP contribution in [0.3, 0.4) is 0 Å². The van der Waals surface area contributed by atoms with Crippen LogP contribution in [0.1, 0.15) is 26.7 Å². The topological polar surface area (TPSA) is 75.7 Å². The molecule has 1 aromatic carbocycles. The number of ether oxygens (including phenoxy) is 1. The van der Waals surface area contributed by atoms with Gasteiger partial charge < -0.3 is 15.0 Å². The van der Waals surface area contributed by atoms with Gasteiger partial charge in [-0.15, -0.1) is 11.8 Å².